The molecule has 3 rings (SSSR count). The summed E-state index contributed by atoms with van der Waals surface area (Å²) in [6, 6.07) is 1.79. The van der Waals surface area contributed by atoms with Crippen LogP contribution in [0.25, 0.3) is 0 Å². The number of thiazole rings is 1. The fourth-order valence-electron chi connectivity index (χ4n) is 2.32. The van der Waals surface area contributed by atoms with E-state index in [1.165, 1.54) is 11.3 Å². The molecule has 0 unspecified atom stereocenters. The van der Waals surface area contributed by atoms with E-state index in [-0.39, 0.29) is 11.8 Å². The topological polar surface area (TPSA) is 71.0 Å². The molecule has 1 amide bonds. The van der Waals surface area contributed by atoms with Crippen molar-refractivity contribution in [2.24, 2.45) is 5.92 Å². The predicted molar refractivity (Wildman–Crippen MR) is 77.7 cm³/mol. The molecule has 2 aromatic rings. The lowest BCUT2D eigenvalue weighted by Crippen LogP contribution is -2.41. The minimum absolute atomic E-state index is 0.0283. The number of amides is 1. The summed E-state index contributed by atoms with van der Waals surface area (Å²) in [4.78, 5) is 26.9. The molecule has 104 valence electrons. The highest BCUT2D eigenvalue weighted by atomic mass is 32.1. The van der Waals surface area contributed by atoms with Crippen molar-refractivity contribution < 1.29 is 4.79 Å². The maximum Gasteiger partial charge on any atom is 0.231 e. The molecule has 20 heavy (non-hydrogen) atoms. The summed E-state index contributed by atoms with van der Waals surface area (Å²) in [5, 5.41) is 5.37. The third-order valence-electron chi connectivity index (χ3n) is 3.29. The highest BCUT2D eigenvalue weighted by Gasteiger charge is 2.27. The number of piperidine rings is 1. The van der Waals surface area contributed by atoms with E-state index in [1.54, 1.807) is 24.7 Å². The van der Waals surface area contributed by atoms with Gasteiger partial charge in [-0.1, -0.05) is 0 Å². The zero-order valence-electron chi connectivity index (χ0n) is 10.9. The summed E-state index contributed by atoms with van der Waals surface area (Å²) in [5.74, 6) is 0.677. The van der Waals surface area contributed by atoms with Crippen LogP contribution < -0.4 is 10.2 Å². The molecule has 7 heteroatoms. The lowest BCUT2D eigenvalue weighted by Gasteiger charge is -2.31. The number of anilines is 2. The van der Waals surface area contributed by atoms with Crippen molar-refractivity contribution in [1.29, 1.82) is 0 Å². The summed E-state index contributed by atoms with van der Waals surface area (Å²) in [7, 11) is 0. The van der Waals surface area contributed by atoms with Crippen LogP contribution in [0.5, 0.6) is 0 Å². The van der Waals surface area contributed by atoms with Crippen molar-refractivity contribution in [3.63, 3.8) is 0 Å². The molecule has 0 aromatic carbocycles. The SMILES string of the molecule is O=C(Nc1nccs1)[C@@H]1CCCN(c2ncccn2)C1. The monoisotopic (exact) mass is 289 g/mol. The van der Waals surface area contributed by atoms with Gasteiger partial charge in [-0.3, -0.25) is 4.79 Å². The van der Waals surface area contributed by atoms with Crippen molar-refractivity contribution >= 4 is 28.3 Å². The molecule has 0 radical (unpaired) electrons. The summed E-state index contributed by atoms with van der Waals surface area (Å²) in [6.07, 6.45) is 6.99. The number of hydrogen-bond acceptors (Lipinski definition) is 6. The smallest absolute Gasteiger partial charge is 0.231 e. The van der Waals surface area contributed by atoms with Crippen LogP contribution in [-0.2, 0) is 4.79 Å². The molecule has 1 aliphatic heterocycles. The third kappa shape index (κ3) is 2.93. The van der Waals surface area contributed by atoms with E-state index in [2.05, 4.69) is 25.2 Å². The first-order chi connectivity index (χ1) is 9.83. The van der Waals surface area contributed by atoms with Gasteiger partial charge in [0.15, 0.2) is 5.13 Å². The van der Waals surface area contributed by atoms with E-state index in [4.69, 9.17) is 0 Å². The van der Waals surface area contributed by atoms with Gasteiger partial charge in [0, 0.05) is 37.1 Å². The number of aromatic nitrogens is 3. The van der Waals surface area contributed by atoms with E-state index < -0.39 is 0 Å². The van der Waals surface area contributed by atoms with Crippen molar-refractivity contribution in [2.75, 3.05) is 23.3 Å². The second-order valence-corrected chi connectivity index (χ2v) is 5.56. The van der Waals surface area contributed by atoms with Crippen LogP contribution in [0.15, 0.2) is 30.0 Å². The van der Waals surface area contributed by atoms with Crippen LogP contribution in [0.2, 0.25) is 0 Å². The second kappa shape index (κ2) is 5.96. The minimum Gasteiger partial charge on any atom is -0.340 e. The molecule has 1 N–H and O–H groups in total. The molecule has 1 saturated heterocycles. The van der Waals surface area contributed by atoms with Gasteiger partial charge in [0.25, 0.3) is 0 Å². The lowest BCUT2D eigenvalue weighted by molar-refractivity contribution is -0.120. The zero-order valence-corrected chi connectivity index (χ0v) is 11.7. The fraction of sp³-hybridized carbons (Fsp3) is 0.385. The predicted octanol–water partition coefficient (Wildman–Crippen LogP) is 1.79. The van der Waals surface area contributed by atoms with Crippen LogP contribution in [0, 0.1) is 5.92 Å². The quantitative estimate of drug-likeness (QED) is 0.932. The summed E-state index contributed by atoms with van der Waals surface area (Å²) >= 11 is 1.43. The van der Waals surface area contributed by atoms with Crippen molar-refractivity contribution in [2.45, 2.75) is 12.8 Å². The highest BCUT2D eigenvalue weighted by molar-refractivity contribution is 7.13. The molecule has 0 saturated carbocycles. The van der Waals surface area contributed by atoms with Gasteiger partial charge >= 0.3 is 0 Å². The zero-order chi connectivity index (χ0) is 13.8. The third-order valence-corrected chi connectivity index (χ3v) is 3.98. The summed E-state index contributed by atoms with van der Waals surface area (Å²) in [5.41, 5.74) is 0. The van der Waals surface area contributed by atoms with Crippen LogP contribution in [0.4, 0.5) is 11.1 Å². The molecule has 0 spiro atoms. The molecule has 6 nitrogen and oxygen atoms in total. The lowest BCUT2D eigenvalue weighted by atomic mass is 9.97. The Hall–Kier alpha value is -2.02. The first-order valence-corrected chi connectivity index (χ1v) is 7.43. The molecule has 1 fully saturated rings. The maximum atomic E-state index is 12.2. The second-order valence-electron chi connectivity index (χ2n) is 4.66. The summed E-state index contributed by atoms with van der Waals surface area (Å²) in [6.45, 7) is 1.55. The molecule has 1 aliphatic rings. The normalized spacial score (nSPS) is 18.8. The van der Waals surface area contributed by atoms with Gasteiger partial charge in [-0.25, -0.2) is 15.0 Å². The average molecular weight is 289 g/mol. The largest absolute Gasteiger partial charge is 0.340 e. The summed E-state index contributed by atoms with van der Waals surface area (Å²) < 4.78 is 0. The Morgan fingerprint density at radius 2 is 2.15 bits per heavy atom. The van der Waals surface area contributed by atoms with Gasteiger partial charge in [-0.15, -0.1) is 11.3 Å². The van der Waals surface area contributed by atoms with Gasteiger partial charge in [0.2, 0.25) is 11.9 Å². The Kier molecular flexibility index (Phi) is 3.87. The van der Waals surface area contributed by atoms with E-state index in [0.29, 0.717) is 17.6 Å². The minimum atomic E-state index is -0.0449. The van der Waals surface area contributed by atoms with Crippen LogP contribution in [0.3, 0.4) is 0 Å². The van der Waals surface area contributed by atoms with E-state index in [0.717, 1.165) is 19.4 Å². The number of rotatable bonds is 3. The van der Waals surface area contributed by atoms with E-state index >= 15 is 0 Å². The van der Waals surface area contributed by atoms with E-state index in [1.807, 2.05) is 5.38 Å². The number of hydrogen-bond donors (Lipinski definition) is 1. The highest BCUT2D eigenvalue weighted by Crippen LogP contribution is 2.22. The molecular weight excluding hydrogens is 274 g/mol. The number of nitrogens with one attached hydrogen (secondary N) is 1. The van der Waals surface area contributed by atoms with Gasteiger partial charge in [0.05, 0.1) is 5.92 Å². The number of nitrogens with zero attached hydrogens (tertiary/aromatic N) is 4. The van der Waals surface area contributed by atoms with Gasteiger partial charge in [-0.2, -0.15) is 0 Å². The molecule has 0 bridgehead atoms. The first-order valence-electron chi connectivity index (χ1n) is 6.55. The molecule has 0 aliphatic carbocycles. The van der Waals surface area contributed by atoms with Gasteiger partial charge in [-0.05, 0) is 18.9 Å². The molecule has 2 aromatic heterocycles. The Balaban J connectivity index is 1.64. The van der Waals surface area contributed by atoms with Gasteiger partial charge < -0.3 is 10.2 Å². The van der Waals surface area contributed by atoms with E-state index in [9.17, 15) is 4.79 Å². The Bertz CT molecular complexity index is 559. The van der Waals surface area contributed by atoms with Crippen molar-refractivity contribution in [3.8, 4) is 0 Å². The molecule has 3 heterocycles. The Morgan fingerprint density at radius 3 is 2.90 bits per heavy atom. The number of carbonyl (C=O) groups is 1. The Morgan fingerprint density at radius 1 is 1.30 bits per heavy atom. The van der Waals surface area contributed by atoms with Gasteiger partial charge in [0.1, 0.15) is 0 Å². The number of carbonyl (C=O) groups excluding carboxylic acids is 1. The maximum absolute atomic E-state index is 12.2. The van der Waals surface area contributed by atoms with Crippen molar-refractivity contribution in [3.05, 3.63) is 30.0 Å². The van der Waals surface area contributed by atoms with Crippen LogP contribution >= 0.6 is 11.3 Å². The molecule has 1 atom stereocenters. The fourth-order valence-corrected chi connectivity index (χ4v) is 2.85. The molecular formula is C13H15N5OS. The van der Waals surface area contributed by atoms with Crippen LogP contribution in [0.1, 0.15) is 12.8 Å². The first kappa shape index (κ1) is 13.0. The Labute approximate surface area is 120 Å². The standard InChI is InChI=1S/C13H15N5OS/c19-11(17-13-16-6-8-20-13)10-3-1-7-18(9-10)12-14-4-2-5-15-12/h2,4-6,8,10H,1,3,7,9H2,(H,16,17,19)/t10-/m1/s1. The average Bonchev–Trinajstić information content (AvgIpc) is 3.01. The van der Waals surface area contributed by atoms with Crippen LogP contribution in [-0.4, -0.2) is 33.9 Å². The van der Waals surface area contributed by atoms with Crippen molar-refractivity contribution in [1.82, 2.24) is 15.0 Å².